The van der Waals surface area contributed by atoms with Crippen molar-refractivity contribution in [2.24, 2.45) is 12.8 Å². The highest BCUT2D eigenvalue weighted by Crippen LogP contribution is 2.28. The number of hydrogen-bond acceptors (Lipinski definition) is 5. The highest BCUT2D eigenvalue weighted by Gasteiger charge is 2.12. The van der Waals surface area contributed by atoms with E-state index < -0.39 is 0 Å². The van der Waals surface area contributed by atoms with E-state index in [0.29, 0.717) is 5.16 Å². The minimum atomic E-state index is -0.245. The van der Waals surface area contributed by atoms with Crippen LogP contribution in [0.3, 0.4) is 0 Å². The standard InChI is InChI=1S/C10H13N5OS/c1-6(11)7-4-3-5-12-8(7)17-10-14-13-9(16)15(10)2/h3-6H,11H2,1-2H3,(H,13,16)/t6-/m0/s1. The van der Waals surface area contributed by atoms with Gasteiger partial charge in [0.2, 0.25) is 0 Å². The molecule has 0 saturated carbocycles. The Morgan fingerprint density at radius 1 is 1.59 bits per heavy atom. The first-order valence-electron chi connectivity index (χ1n) is 5.09. The Kier molecular flexibility index (Phi) is 3.30. The first-order chi connectivity index (χ1) is 8.09. The number of nitrogens with two attached hydrogens (primary N) is 1. The molecule has 0 amide bonds. The largest absolute Gasteiger partial charge is 0.343 e. The fourth-order valence-corrected chi connectivity index (χ4v) is 2.31. The Bertz CT molecular complexity index is 574. The number of aromatic amines is 1. The van der Waals surface area contributed by atoms with E-state index in [1.54, 1.807) is 13.2 Å². The predicted molar refractivity (Wildman–Crippen MR) is 64.8 cm³/mol. The average Bonchev–Trinajstić information content (AvgIpc) is 2.61. The Labute approximate surface area is 102 Å². The Hall–Kier alpha value is -1.60. The Morgan fingerprint density at radius 2 is 2.35 bits per heavy atom. The van der Waals surface area contributed by atoms with Crippen LogP contribution in [-0.4, -0.2) is 19.7 Å². The molecule has 0 aliphatic rings. The second-order valence-electron chi connectivity index (χ2n) is 3.66. The summed E-state index contributed by atoms with van der Waals surface area (Å²) in [6.45, 7) is 1.89. The summed E-state index contributed by atoms with van der Waals surface area (Å²) in [7, 11) is 1.66. The highest BCUT2D eigenvalue weighted by atomic mass is 32.2. The molecule has 1 atom stereocenters. The minimum Gasteiger partial charge on any atom is -0.324 e. The second kappa shape index (κ2) is 4.72. The zero-order valence-corrected chi connectivity index (χ0v) is 10.4. The van der Waals surface area contributed by atoms with E-state index in [1.165, 1.54) is 16.3 Å². The van der Waals surface area contributed by atoms with Crippen molar-refractivity contribution in [2.45, 2.75) is 23.1 Å². The van der Waals surface area contributed by atoms with Gasteiger partial charge in [0.15, 0.2) is 5.16 Å². The second-order valence-corrected chi connectivity index (χ2v) is 4.61. The fourth-order valence-electron chi connectivity index (χ4n) is 1.35. The van der Waals surface area contributed by atoms with Gasteiger partial charge in [-0.05, 0) is 24.8 Å². The van der Waals surface area contributed by atoms with Crippen molar-refractivity contribution >= 4 is 11.8 Å². The molecular weight excluding hydrogens is 238 g/mol. The molecule has 2 rings (SSSR count). The van der Waals surface area contributed by atoms with E-state index in [-0.39, 0.29) is 11.7 Å². The maximum absolute atomic E-state index is 11.2. The first kappa shape index (κ1) is 11.9. The fraction of sp³-hybridized carbons (Fsp3) is 0.300. The molecule has 2 heterocycles. The van der Waals surface area contributed by atoms with Gasteiger partial charge in [-0.25, -0.2) is 14.9 Å². The number of H-pyrrole nitrogens is 1. The van der Waals surface area contributed by atoms with E-state index in [4.69, 9.17) is 5.73 Å². The summed E-state index contributed by atoms with van der Waals surface area (Å²) in [4.78, 5) is 15.5. The monoisotopic (exact) mass is 251 g/mol. The Balaban J connectivity index is 2.36. The summed E-state index contributed by atoms with van der Waals surface area (Å²) in [6, 6.07) is 3.65. The van der Waals surface area contributed by atoms with Crippen LogP contribution in [0, 0.1) is 0 Å². The van der Waals surface area contributed by atoms with Gasteiger partial charge in [0.25, 0.3) is 0 Å². The topological polar surface area (TPSA) is 89.6 Å². The van der Waals surface area contributed by atoms with Crippen molar-refractivity contribution in [2.75, 3.05) is 0 Å². The lowest BCUT2D eigenvalue weighted by atomic mass is 10.2. The summed E-state index contributed by atoms with van der Waals surface area (Å²) in [5.41, 5.74) is 6.55. The SMILES string of the molecule is C[C@H](N)c1cccnc1Sc1n[nH]c(=O)n1C. The average molecular weight is 251 g/mol. The molecule has 0 bridgehead atoms. The summed E-state index contributed by atoms with van der Waals surface area (Å²) < 4.78 is 1.43. The van der Waals surface area contributed by atoms with E-state index in [2.05, 4.69) is 15.2 Å². The molecule has 6 nitrogen and oxygen atoms in total. The van der Waals surface area contributed by atoms with Crippen LogP contribution in [0.1, 0.15) is 18.5 Å². The van der Waals surface area contributed by atoms with E-state index in [0.717, 1.165) is 10.6 Å². The molecule has 0 aliphatic heterocycles. The quantitative estimate of drug-likeness (QED) is 0.837. The molecule has 0 radical (unpaired) electrons. The molecular formula is C10H13N5OS. The van der Waals surface area contributed by atoms with Crippen LogP contribution in [0.4, 0.5) is 0 Å². The summed E-state index contributed by atoms with van der Waals surface area (Å²) >= 11 is 1.32. The van der Waals surface area contributed by atoms with Gasteiger partial charge in [0.05, 0.1) is 0 Å². The van der Waals surface area contributed by atoms with Crippen LogP contribution in [0.2, 0.25) is 0 Å². The van der Waals surface area contributed by atoms with Gasteiger partial charge in [-0.2, -0.15) is 0 Å². The number of rotatable bonds is 3. The molecule has 0 aromatic carbocycles. The van der Waals surface area contributed by atoms with Crippen LogP contribution < -0.4 is 11.4 Å². The van der Waals surface area contributed by atoms with Crippen LogP contribution >= 0.6 is 11.8 Å². The van der Waals surface area contributed by atoms with Gasteiger partial charge in [0, 0.05) is 24.8 Å². The van der Waals surface area contributed by atoms with Crippen LogP contribution in [0.5, 0.6) is 0 Å². The van der Waals surface area contributed by atoms with Gasteiger partial charge < -0.3 is 5.73 Å². The maximum atomic E-state index is 11.2. The maximum Gasteiger partial charge on any atom is 0.343 e. The summed E-state index contributed by atoms with van der Waals surface area (Å²) in [5, 5.41) is 7.64. The molecule has 2 aromatic rings. The van der Waals surface area contributed by atoms with Crippen molar-refractivity contribution in [1.82, 2.24) is 19.7 Å². The molecule has 0 saturated heterocycles. The number of hydrogen-bond donors (Lipinski definition) is 2. The lowest BCUT2D eigenvalue weighted by molar-refractivity contribution is 0.755. The Morgan fingerprint density at radius 3 is 2.94 bits per heavy atom. The van der Waals surface area contributed by atoms with Crippen molar-refractivity contribution < 1.29 is 0 Å². The molecule has 17 heavy (non-hydrogen) atoms. The van der Waals surface area contributed by atoms with Crippen molar-refractivity contribution in [1.29, 1.82) is 0 Å². The van der Waals surface area contributed by atoms with Gasteiger partial charge in [-0.3, -0.25) is 4.57 Å². The van der Waals surface area contributed by atoms with Gasteiger partial charge >= 0.3 is 5.69 Å². The molecule has 90 valence electrons. The van der Waals surface area contributed by atoms with E-state index in [9.17, 15) is 4.79 Å². The number of nitrogens with one attached hydrogen (secondary N) is 1. The smallest absolute Gasteiger partial charge is 0.324 e. The first-order valence-corrected chi connectivity index (χ1v) is 5.91. The molecule has 0 aliphatic carbocycles. The molecule has 2 aromatic heterocycles. The predicted octanol–water partition coefficient (Wildman–Crippen LogP) is 0.674. The van der Waals surface area contributed by atoms with Crippen molar-refractivity contribution in [3.63, 3.8) is 0 Å². The summed E-state index contributed by atoms with van der Waals surface area (Å²) in [6.07, 6.45) is 1.69. The third kappa shape index (κ3) is 2.40. The lowest BCUT2D eigenvalue weighted by Gasteiger charge is -2.09. The van der Waals surface area contributed by atoms with Crippen molar-refractivity contribution in [3.05, 3.63) is 34.4 Å². The van der Waals surface area contributed by atoms with E-state index in [1.807, 2.05) is 19.1 Å². The number of nitrogens with zero attached hydrogens (tertiary/aromatic N) is 3. The molecule has 3 N–H and O–H groups in total. The van der Waals surface area contributed by atoms with Crippen LogP contribution in [0.25, 0.3) is 0 Å². The van der Waals surface area contributed by atoms with E-state index >= 15 is 0 Å². The third-order valence-electron chi connectivity index (χ3n) is 2.32. The third-order valence-corrected chi connectivity index (χ3v) is 3.40. The zero-order valence-electron chi connectivity index (χ0n) is 9.54. The zero-order chi connectivity index (χ0) is 12.4. The van der Waals surface area contributed by atoms with Gasteiger partial charge in [-0.15, -0.1) is 5.10 Å². The molecule has 0 unspecified atom stereocenters. The summed E-state index contributed by atoms with van der Waals surface area (Å²) in [5.74, 6) is 0. The van der Waals surface area contributed by atoms with Crippen LogP contribution in [0.15, 0.2) is 33.3 Å². The highest BCUT2D eigenvalue weighted by molar-refractivity contribution is 7.99. The number of pyridine rings is 1. The normalized spacial score (nSPS) is 12.6. The number of aromatic nitrogens is 4. The van der Waals surface area contributed by atoms with Crippen molar-refractivity contribution in [3.8, 4) is 0 Å². The van der Waals surface area contributed by atoms with Crippen LogP contribution in [-0.2, 0) is 7.05 Å². The van der Waals surface area contributed by atoms with Gasteiger partial charge in [0.1, 0.15) is 5.03 Å². The minimum absolute atomic E-state index is 0.109. The molecule has 7 heteroatoms. The lowest BCUT2D eigenvalue weighted by Crippen LogP contribution is -2.13. The van der Waals surface area contributed by atoms with Gasteiger partial charge in [-0.1, -0.05) is 6.07 Å². The molecule has 0 fully saturated rings. The molecule has 0 spiro atoms.